The maximum atomic E-state index is 12.7. The molecule has 0 unspecified atom stereocenters. The first-order chi connectivity index (χ1) is 13.5. The van der Waals surface area contributed by atoms with Crippen LogP contribution in [-0.2, 0) is 10.0 Å². The molecule has 0 radical (unpaired) electrons. The minimum absolute atomic E-state index is 0.162. The molecule has 0 atom stereocenters. The van der Waals surface area contributed by atoms with Gasteiger partial charge in [0, 0.05) is 35.9 Å². The molecule has 1 aliphatic heterocycles. The standard InChI is InChI=1S/C21H21N3O3S/c25-21(17-7-5-9-19(15-17)23-11-1-2-12-23)22-18-8-6-10-20(16-18)24-13-3-4-14-28(24,26)27/h1-2,5-12,15-16H,3-4,13-14H2,(H,22,25). The highest BCUT2D eigenvalue weighted by Crippen LogP contribution is 2.26. The number of nitrogens with zero attached hydrogens (tertiary/aromatic N) is 2. The third-order valence-electron chi connectivity index (χ3n) is 4.75. The van der Waals surface area contributed by atoms with Gasteiger partial charge in [-0.05, 0) is 61.4 Å². The van der Waals surface area contributed by atoms with Crippen molar-refractivity contribution >= 4 is 27.3 Å². The van der Waals surface area contributed by atoms with Gasteiger partial charge in [-0.1, -0.05) is 12.1 Å². The zero-order valence-electron chi connectivity index (χ0n) is 15.3. The quantitative estimate of drug-likeness (QED) is 0.733. The predicted molar refractivity (Wildman–Crippen MR) is 111 cm³/mol. The SMILES string of the molecule is O=C(Nc1cccc(N2CCCCS2(=O)=O)c1)c1cccc(-n2cccc2)c1. The van der Waals surface area contributed by atoms with E-state index in [9.17, 15) is 13.2 Å². The molecule has 1 fully saturated rings. The zero-order chi connectivity index (χ0) is 19.6. The molecule has 2 heterocycles. The molecule has 6 nitrogen and oxygen atoms in total. The number of nitrogens with one attached hydrogen (secondary N) is 1. The molecule has 4 rings (SSSR count). The minimum Gasteiger partial charge on any atom is -0.324 e. The van der Waals surface area contributed by atoms with Gasteiger partial charge in [0.25, 0.3) is 5.91 Å². The van der Waals surface area contributed by atoms with Crippen LogP contribution < -0.4 is 9.62 Å². The van der Waals surface area contributed by atoms with Gasteiger partial charge in [-0.2, -0.15) is 0 Å². The molecule has 7 heteroatoms. The number of carbonyl (C=O) groups excluding carboxylic acids is 1. The lowest BCUT2D eigenvalue weighted by Crippen LogP contribution is -2.37. The molecule has 3 aromatic rings. The predicted octanol–water partition coefficient (Wildman–Crippen LogP) is 3.66. The molecule has 1 saturated heterocycles. The molecule has 0 bridgehead atoms. The average Bonchev–Trinajstić information content (AvgIpc) is 3.23. The molecular formula is C21H21N3O3S. The van der Waals surface area contributed by atoms with Crippen LogP contribution in [0, 0.1) is 0 Å². The van der Waals surface area contributed by atoms with Gasteiger partial charge < -0.3 is 9.88 Å². The van der Waals surface area contributed by atoms with Gasteiger partial charge in [0.2, 0.25) is 10.0 Å². The molecular weight excluding hydrogens is 374 g/mol. The van der Waals surface area contributed by atoms with Gasteiger partial charge >= 0.3 is 0 Å². The molecule has 1 aromatic heterocycles. The molecule has 0 spiro atoms. The van der Waals surface area contributed by atoms with Gasteiger partial charge in [0.1, 0.15) is 0 Å². The second-order valence-corrected chi connectivity index (χ2v) is 8.75. The summed E-state index contributed by atoms with van der Waals surface area (Å²) >= 11 is 0. The lowest BCUT2D eigenvalue weighted by atomic mass is 10.1. The summed E-state index contributed by atoms with van der Waals surface area (Å²) in [4.78, 5) is 12.7. The highest BCUT2D eigenvalue weighted by Gasteiger charge is 2.26. The third-order valence-corrected chi connectivity index (χ3v) is 6.62. The Labute approximate surface area is 164 Å². The van der Waals surface area contributed by atoms with Crippen molar-refractivity contribution in [2.45, 2.75) is 12.8 Å². The topological polar surface area (TPSA) is 71.4 Å². The molecule has 2 aromatic carbocycles. The van der Waals surface area contributed by atoms with Crippen LogP contribution in [0.1, 0.15) is 23.2 Å². The first-order valence-corrected chi connectivity index (χ1v) is 10.8. The fourth-order valence-electron chi connectivity index (χ4n) is 3.34. The number of sulfonamides is 1. The highest BCUT2D eigenvalue weighted by atomic mass is 32.2. The molecule has 1 amide bonds. The van der Waals surface area contributed by atoms with Crippen LogP contribution >= 0.6 is 0 Å². The summed E-state index contributed by atoms with van der Waals surface area (Å²) in [5, 5.41) is 2.87. The van der Waals surface area contributed by atoms with Gasteiger partial charge in [-0.3, -0.25) is 9.10 Å². The number of hydrogen-bond acceptors (Lipinski definition) is 3. The second kappa shape index (κ2) is 7.52. The van der Waals surface area contributed by atoms with E-state index >= 15 is 0 Å². The van der Waals surface area contributed by atoms with Crippen molar-refractivity contribution in [2.75, 3.05) is 21.9 Å². The van der Waals surface area contributed by atoms with E-state index in [0.717, 1.165) is 12.1 Å². The number of benzene rings is 2. The van der Waals surface area contributed by atoms with Crippen LogP contribution in [0.4, 0.5) is 11.4 Å². The minimum atomic E-state index is -3.29. The van der Waals surface area contributed by atoms with E-state index < -0.39 is 10.0 Å². The van der Waals surface area contributed by atoms with E-state index in [1.807, 2.05) is 47.3 Å². The van der Waals surface area contributed by atoms with Crippen LogP contribution in [0.5, 0.6) is 0 Å². The number of amides is 1. The Bertz CT molecular complexity index is 1090. The molecule has 1 N–H and O–H groups in total. The second-order valence-electron chi connectivity index (χ2n) is 6.74. The fraction of sp³-hybridized carbons (Fsp3) is 0.190. The number of anilines is 2. The summed E-state index contributed by atoms with van der Waals surface area (Å²) in [6.45, 7) is 0.471. The summed E-state index contributed by atoms with van der Waals surface area (Å²) < 4.78 is 28.0. The average molecular weight is 395 g/mol. The maximum absolute atomic E-state index is 12.7. The van der Waals surface area contributed by atoms with E-state index in [0.29, 0.717) is 29.9 Å². The summed E-state index contributed by atoms with van der Waals surface area (Å²) in [6.07, 6.45) is 5.36. The molecule has 1 aliphatic rings. The van der Waals surface area contributed by atoms with E-state index in [2.05, 4.69) is 5.32 Å². The first-order valence-electron chi connectivity index (χ1n) is 9.18. The van der Waals surface area contributed by atoms with Crippen LogP contribution in [0.15, 0.2) is 73.1 Å². The summed E-state index contributed by atoms with van der Waals surface area (Å²) in [5.74, 6) is -0.0804. The largest absolute Gasteiger partial charge is 0.324 e. The van der Waals surface area contributed by atoms with Crippen molar-refractivity contribution in [1.82, 2.24) is 4.57 Å². The Morgan fingerprint density at radius 2 is 1.64 bits per heavy atom. The van der Waals surface area contributed by atoms with Gasteiger partial charge in [0.05, 0.1) is 11.4 Å². The van der Waals surface area contributed by atoms with Crippen LogP contribution in [0.3, 0.4) is 0 Å². The van der Waals surface area contributed by atoms with Gasteiger partial charge in [-0.15, -0.1) is 0 Å². The van der Waals surface area contributed by atoms with Crippen LogP contribution in [0.25, 0.3) is 5.69 Å². The third kappa shape index (κ3) is 3.80. The molecule has 0 aliphatic carbocycles. The highest BCUT2D eigenvalue weighted by molar-refractivity contribution is 7.92. The summed E-state index contributed by atoms with van der Waals surface area (Å²) in [6, 6.07) is 18.1. The fourth-order valence-corrected chi connectivity index (χ4v) is 4.97. The molecule has 28 heavy (non-hydrogen) atoms. The Morgan fingerprint density at radius 3 is 2.43 bits per heavy atom. The van der Waals surface area contributed by atoms with Crippen molar-refractivity contribution < 1.29 is 13.2 Å². The van der Waals surface area contributed by atoms with E-state index in [-0.39, 0.29) is 11.7 Å². The number of rotatable bonds is 4. The normalized spacial score (nSPS) is 15.9. The van der Waals surface area contributed by atoms with E-state index in [4.69, 9.17) is 0 Å². The van der Waals surface area contributed by atoms with E-state index in [1.165, 1.54) is 4.31 Å². The van der Waals surface area contributed by atoms with Crippen LogP contribution in [0.2, 0.25) is 0 Å². The smallest absolute Gasteiger partial charge is 0.255 e. The monoisotopic (exact) mass is 395 g/mol. The Hall–Kier alpha value is -3.06. The van der Waals surface area contributed by atoms with Gasteiger partial charge in [-0.25, -0.2) is 8.42 Å². The lowest BCUT2D eigenvalue weighted by Gasteiger charge is -2.28. The number of hydrogen-bond donors (Lipinski definition) is 1. The molecule has 0 saturated carbocycles. The summed E-state index contributed by atoms with van der Waals surface area (Å²) in [7, 11) is -3.29. The Balaban J connectivity index is 1.55. The van der Waals surface area contributed by atoms with Crippen molar-refractivity contribution in [2.24, 2.45) is 0 Å². The molecule has 144 valence electrons. The Kier molecular flexibility index (Phi) is 4.92. The maximum Gasteiger partial charge on any atom is 0.255 e. The van der Waals surface area contributed by atoms with E-state index in [1.54, 1.807) is 30.3 Å². The van der Waals surface area contributed by atoms with Crippen molar-refractivity contribution in [3.8, 4) is 5.69 Å². The summed E-state index contributed by atoms with van der Waals surface area (Å²) in [5.41, 5.74) is 2.57. The zero-order valence-corrected chi connectivity index (χ0v) is 16.1. The Morgan fingerprint density at radius 1 is 0.893 bits per heavy atom. The van der Waals surface area contributed by atoms with Crippen molar-refractivity contribution in [3.05, 3.63) is 78.6 Å². The lowest BCUT2D eigenvalue weighted by molar-refractivity contribution is 0.102. The number of aromatic nitrogens is 1. The van der Waals surface area contributed by atoms with Crippen molar-refractivity contribution in [1.29, 1.82) is 0 Å². The van der Waals surface area contributed by atoms with Gasteiger partial charge in [0.15, 0.2) is 0 Å². The van der Waals surface area contributed by atoms with Crippen LogP contribution in [-0.4, -0.2) is 31.2 Å². The van der Waals surface area contributed by atoms with Crippen molar-refractivity contribution in [3.63, 3.8) is 0 Å². The first kappa shape index (κ1) is 18.3. The number of carbonyl (C=O) groups is 1.